The van der Waals surface area contributed by atoms with Crippen molar-refractivity contribution in [3.8, 4) is 0 Å². The van der Waals surface area contributed by atoms with E-state index in [1.54, 1.807) is 0 Å². The Labute approximate surface area is 161 Å². The van der Waals surface area contributed by atoms with Crippen LogP contribution in [0.1, 0.15) is 11.1 Å². The number of nitrogens with zero attached hydrogens (tertiary/aromatic N) is 2. The number of halogens is 4. The lowest BCUT2D eigenvalue weighted by atomic mass is 10.1. The van der Waals surface area contributed by atoms with Gasteiger partial charge in [0.2, 0.25) is 0 Å². The molecule has 0 bridgehead atoms. The molecule has 3 rings (SSSR count). The lowest BCUT2D eigenvalue weighted by molar-refractivity contribution is -0.136. The molecule has 0 aliphatic heterocycles. The fraction of sp³-hybridized carbons (Fsp3) is 0.125. The molecule has 0 aliphatic rings. The van der Waals surface area contributed by atoms with E-state index in [-0.39, 0.29) is 33.3 Å². The summed E-state index contributed by atoms with van der Waals surface area (Å²) in [5, 5.41) is 17.5. The van der Waals surface area contributed by atoms with Crippen LogP contribution in [0.3, 0.4) is 0 Å². The highest BCUT2D eigenvalue weighted by molar-refractivity contribution is 7.90. The van der Waals surface area contributed by atoms with Crippen LogP contribution in [0.25, 0.3) is 10.9 Å². The van der Waals surface area contributed by atoms with E-state index >= 15 is 0 Å². The van der Waals surface area contributed by atoms with Crippen LogP contribution < -0.4 is 11.0 Å². The van der Waals surface area contributed by atoms with Gasteiger partial charge in [-0.15, -0.1) is 5.23 Å². The molecule has 12 heteroatoms. The molecule has 150 valence electrons. The Morgan fingerprint density at radius 3 is 2.43 bits per heavy atom. The molecule has 0 unspecified atom stereocenters. The topological polar surface area (TPSA) is 109 Å². The van der Waals surface area contributed by atoms with Crippen molar-refractivity contribution in [3.05, 3.63) is 58.7 Å². The number of rotatable bonds is 4. The molecular formula is C16H13ClF3N3O4S. The summed E-state index contributed by atoms with van der Waals surface area (Å²) in [4.78, 5) is -0.419. The van der Waals surface area contributed by atoms with E-state index in [4.69, 9.17) is 27.7 Å². The van der Waals surface area contributed by atoms with Crippen molar-refractivity contribution in [3.63, 3.8) is 0 Å². The first-order valence-electron chi connectivity index (χ1n) is 7.61. The molecular weight excluding hydrogens is 423 g/mol. The van der Waals surface area contributed by atoms with E-state index in [2.05, 4.69) is 0 Å². The van der Waals surface area contributed by atoms with Crippen molar-refractivity contribution in [2.75, 3.05) is 5.23 Å². The van der Waals surface area contributed by atoms with E-state index < -0.39 is 32.3 Å². The van der Waals surface area contributed by atoms with Crippen LogP contribution in [-0.4, -0.2) is 22.8 Å². The molecule has 7 nitrogen and oxygen atoms in total. The zero-order valence-corrected chi connectivity index (χ0v) is 15.4. The predicted molar refractivity (Wildman–Crippen MR) is 94.9 cm³/mol. The maximum atomic E-state index is 13.4. The highest BCUT2D eigenvalue weighted by Gasteiger charge is 2.35. The molecule has 0 aliphatic carbocycles. The Balaban J connectivity index is 2.31. The van der Waals surface area contributed by atoms with Crippen LogP contribution >= 0.6 is 11.6 Å². The smallest absolute Gasteiger partial charge is 0.326 e. The molecule has 0 amide bonds. The standard InChI is InChI=1S/C16H13ClF3N3O4S/c17-12-5-4-10(6-14(12)23(24)25)28(26,27)22-8-9(7-21)15-11(16(18,19)20)2-1-3-13(15)22/h1-6,8,24-25H,7,21H2. The average Bonchev–Trinajstić information content (AvgIpc) is 3.00. The molecule has 4 N–H and O–H groups in total. The fourth-order valence-electron chi connectivity index (χ4n) is 2.85. The number of benzene rings is 2. The summed E-state index contributed by atoms with van der Waals surface area (Å²) in [6.07, 6.45) is -3.69. The molecule has 0 atom stereocenters. The Kier molecular flexibility index (Phi) is 5.06. The maximum Gasteiger partial charge on any atom is 0.417 e. The van der Waals surface area contributed by atoms with Gasteiger partial charge in [-0.2, -0.15) is 13.2 Å². The number of hydrogen-bond acceptors (Lipinski definition) is 6. The predicted octanol–water partition coefficient (Wildman–Crippen LogP) is 3.59. The Hall–Kier alpha value is -2.31. The second-order valence-electron chi connectivity index (χ2n) is 5.76. The van der Waals surface area contributed by atoms with Crippen LogP contribution in [0.2, 0.25) is 5.02 Å². The van der Waals surface area contributed by atoms with Gasteiger partial charge in [0, 0.05) is 18.1 Å². The zero-order valence-electron chi connectivity index (χ0n) is 13.9. The van der Waals surface area contributed by atoms with E-state index in [1.807, 2.05) is 0 Å². The third-order valence-electron chi connectivity index (χ3n) is 4.09. The summed E-state index contributed by atoms with van der Waals surface area (Å²) in [6, 6.07) is 6.23. The highest BCUT2D eigenvalue weighted by atomic mass is 35.5. The number of fused-ring (bicyclic) bond motifs is 1. The molecule has 1 heterocycles. The minimum Gasteiger partial charge on any atom is -0.326 e. The van der Waals surface area contributed by atoms with Crippen LogP contribution in [-0.2, 0) is 22.7 Å². The van der Waals surface area contributed by atoms with Crippen LogP contribution in [0, 0.1) is 0 Å². The summed E-state index contributed by atoms with van der Waals surface area (Å²) in [5.41, 5.74) is 3.89. The van der Waals surface area contributed by atoms with Crippen LogP contribution in [0.4, 0.5) is 18.9 Å². The van der Waals surface area contributed by atoms with E-state index in [0.29, 0.717) is 3.97 Å². The van der Waals surface area contributed by atoms with Gasteiger partial charge in [-0.25, -0.2) is 12.4 Å². The van der Waals surface area contributed by atoms with Gasteiger partial charge in [0.25, 0.3) is 10.0 Å². The van der Waals surface area contributed by atoms with Gasteiger partial charge >= 0.3 is 6.18 Å². The van der Waals surface area contributed by atoms with Gasteiger partial charge < -0.3 is 5.73 Å². The van der Waals surface area contributed by atoms with Crippen molar-refractivity contribution in [1.29, 1.82) is 0 Å². The lowest BCUT2D eigenvalue weighted by Gasteiger charge is -2.13. The van der Waals surface area contributed by atoms with E-state index in [0.717, 1.165) is 36.5 Å². The summed E-state index contributed by atoms with van der Waals surface area (Å²) in [7, 11) is -4.40. The molecule has 2 aromatic carbocycles. The van der Waals surface area contributed by atoms with Crippen molar-refractivity contribution in [2.24, 2.45) is 5.73 Å². The molecule has 0 radical (unpaired) electrons. The number of hydrogen-bond donors (Lipinski definition) is 3. The van der Waals surface area contributed by atoms with Gasteiger partial charge in [0.1, 0.15) is 5.69 Å². The first-order valence-corrected chi connectivity index (χ1v) is 9.43. The second-order valence-corrected chi connectivity index (χ2v) is 7.98. The number of alkyl halides is 3. The zero-order chi connectivity index (χ0) is 20.9. The monoisotopic (exact) mass is 435 g/mol. The summed E-state index contributed by atoms with van der Waals surface area (Å²) in [6.45, 7) is -0.320. The molecule has 1 aromatic heterocycles. The highest BCUT2D eigenvalue weighted by Crippen LogP contribution is 2.38. The van der Waals surface area contributed by atoms with Gasteiger partial charge in [-0.05, 0) is 35.9 Å². The maximum absolute atomic E-state index is 13.4. The molecule has 28 heavy (non-hydrogen) atoms. The minimum atomic E-state index is -4.71. The summed E-state index contributed by atoms with van der Waals surface area (Å²) in [5.74, 6) is 0. The molecule has 0 saturated carbocycles. The normalized spacial score (nSPS) is 12.5. The molecule has 0 fully saturated rings. The Morgan fingerprint density at radius 1 is 1.18 bits per heavy atom. The number of nitrogens with two attached hydrogens (primary N) is 1. The SMILES string of the molecule is NCc1cn(S(=O)(=O)c2ccc(Cl)c(N(O)O)c2)c2cccc(C(F)(F)F)c12. The Bertz CT molecular complexity index is 1160. The Morgan fingerprint density at radius 2 is 1.86 bits per heavy atom. The minimum absolute atomic E-state index is 0.00775. The molecule has 3 aromatic rings. The quantitative estimate of drug-likeness (QED) is 0.540. The second kappa shape index (κ2) is 6.94. The number of anilines is 1. The first kappa shape index (κ1) is 20.4. The first-order chi connectivity index (χ1) is 13.0. The van der Waals surface area contributed by atoms with E-state index in [1.165, 1.54) is 6.07 Å². The largest absolute Gasteiger partial charge is 0.417 e. The van der Waals surface area contributed by atoms with Crippen molar-refractivity contribution in [2.45, 2.75) is 17.6 Å². The third-order valence-corrected chi connectivity index (χ3v) is 6.08. The summed E-state index contributed by atoms with van der Waals surface area (Å²) < 4.78 is 66.9. The van der Waals surface area contributed by atoms with Gasteiger partial charge in [0.15, 0.2) is 0 Å². The number of aromatic nitrogens is 1. The van der Waals surface area contributed by atoms with Gasteiger partial charge in [-0.1, -0.05) is 17.7 Å². The van der Waals surface area contributed by atoms with Crippen LogP contribution in [0.5, 0.6) is 0 Å². The average molecular weight is 436 g/mol. The van der Waals surface area contributed by atoms with Gasteiger partial charge in [-0.3, -0.25) is 10.4 Å². The van der Waals surface area contributed by atoms with Gasteiger partial charge in [0.05, 0.1) is 21.0 Å². The lowest BCUT2D eigenvalue weighted by Crippen LogP contribution is -2.15. The summed E-state index contributed by atoms with van der Waals surface area (Å²) >= 11 is 5.78. The van der Waals surface area contributed by atoms with Crippen molar-refractivity contribution >= 4 is 38.2 Å². The molecule has 0 saturated heterocycles. The van der Waals surface area contributed by atoms with Crippen LogP contribution in [0.15, 0.2) is 47.5 Å². The fourth-order valence-corrected chi connectivity index (χ4v) is 4.44. The molecule has 0 spiro atoms. The van der Waals surface area contributed by atoms with E-state index in [9.17, 15) is 21.6 Å². The third kappa shape index (κ3) is 3.31. The van der Waals surface area contributed by atoms with Crippen molar-refractivity contribution < 1.29 is 32.0 Å². The van der Waals surface area contributed by atoms with Crippen molar-refractivity contribution in [1.82, 2.24) is 3.97 Å².